The van der Waals surface area contributed by atoms with Crippen LogP contribution >= 0.6 is 0 Å². The fraction of sp³-hybridized carbons (Fsp3) is 0.294. The van der Waals surface area contributed by atoms with Gasteiger partial charge in [-0.3, -0.25) is 0 Å². The predicted molar refractivity (Wildman–Crippen MR) is 83.5 cm³/mol. The first-order valence-electron chi connectivity index (χ1n) is 7.07. The zero-order valence-corrected chi connectivity index (χ0v) is 12.3. The molecular formula is C17H20OSi. The lowest BCUT2D eigenvalue weighted by Gasteiger charge is -2.41. The summed E-state index contributed by atoms with van der Waals surface area (Å²) in [4.78, 5) is 0. The van der Waals surface area contributed by atoms with E-state index in [0.717, 1.165) is 6.61 Å². The Morgan fingerprint density at radius 1 is 0.684 bits per heavy atom. The van der Waals surface area contributed by atoms with E-state index in [1.165, 1.54) is 0 Å². The van der Waals surface area contributed by atoms with Crippen LogP contribution in [0.2, 0.25) is 16.6 Å². The largest absolute Gasteiger partial charge is 0.414 e. The Hall–Kier alpha value is -1.38. The molecule has 0 atom stereocenters. The Labute approximate surface area is 116 Å². The van der Waals surface area contributed by atoms with Crippen LogP contribution in [0.4, 0.5) is 0 Å². The zero-order valence-electron chi connectivity index (χ0n) is 11.3. The second-order valence-electron chi connectivity index (χ2n) is 5.17. The average Bonchev–Trinajstić information content (AvgIpc) is 3.18. The fourth-order valence-corrected chi connectivity index (χ4v) is 8.29. The average molecular weight is 268 g/mol. The van der Waals surface area contributed by atoms with Gasteiger partial charge in [0.15, 0.2) is 0 Å². The van der Waals surface area contributed by atoms with Crippen molar-refractivity contribution in [2.45, 2.75) is 23.5 Å². The molecule has 0 fully saturated rings. The van der Waals surface area contributed by atoms with Crippen LogP contribution in [-0.4, -0.2) is 14.9 Å². The van der Waals surface area contributed by atoms with E-state index < -0.39 is 8.32 Å². The first-order chi connectivity index (χ1) is 9.38. The highest BCUT2D eigenvalue weighted by molar-refractivity contribution is 6.81. The Kier molecular flexibility index (Phi) is 3.54. The molecule has 0 aromatic heterocycles. The van der Waals surface area contributed by atoms with Gasteiger partial charge in [-0.25, -0.2) is 0 Å². The van der Waals surface area contributed by atoms with E-state index in [2.05, 4.69) is 79.8 Å². The number of rotatable bonds is 5. The normalized spacial score (nSPS) is 22.6. The van der Waals surface area contributed by atoms with Crippen LogP contribution < -0.4 is 0 Å². The lowest BCUT2D eigenvalue weighted by atomic mass is 10.4. The Morgan fingerprint density at radius 2 is 1.00 bits per heavy atom. The molecule has 3 aliphatic carbocycles. The van der Waals surface area contributed by atoms with E-state index in [1.807, 2.05) is 0 Å². The number of allylic oxidation sites excluding steroid dienone is 12. The summed E-state index contributed by atoms with van der Waals surface area (Å²) in [7, 11) is -2.02. The molecule has 0 spiro atoms. The fourth-order valence-electron chi connectivity index (χ4n) is 3.40. The van der Waals surface area contributed by atoms with Gasteiger partial charge in [-0.1, -0.05) is 72.9 Å². The van der Waals surface area contributed by atoms with E-state index in [1.54, 1.807) is 0 Å². The van der Waals surface area contributed by atoms with E-state index in [-0.39, 0.29) is 0 Å². The summed E-state index contributed by atoms with van der Waals surface area (Å²) in [5, 5.41) is 0. The van der Waals surface area contributed by atoms with Gasteiger partial charge in [0.2, 0.25) is 8.32 Å². The van der Waals surface area contributed by atoms with Crippen LogP contribution in [0.15, 0.2) is 72.9 Å². The van der Waals surface area contributed by atoms with Gasteiger partial charge in [-0.05, 0) is 6.92 Å². The molecular weight excluding hydrogens is 248 g/mol. The highest BCUT2D eigenvalue weighted by Gasteiger charge is 2.51. The lowest BCUT2D eigenvalue weighted by molar-refractivity contribution is 0.312. The molecule has 0 unspecified atom stereocenters. The number of hydrogen-bond donors (Lipinski definition) is 0. The third-order valence-electron chi connectivity index (χ3n) is 4.20. The Morgan fingerprint density at radius 3 is 1.26 bits per heavy atom. The van der Waals surface area contributed by atoms with Crippen molar-refractivity contribution >= 4 is 8.32 Å². The van der Waals surface area contributed by atoms with Gasteiger partial charge in [-0.15, -0.1) is 0 Å². The smallest absolute Gasteiger partial charge is 0.224 e. The first kappa shape index (κ1) is 12.6. The van der Waals surface area contributed by atoms with Crippen LogP contribution in [0.1, 0.15) is 6.92 Å². The summed E-state index contributed by atoms with van der Waals surface area (Å²) < 4.78 is 6.51. The van der Waals surface area contributed by atoms with E-state index in [9.17, 15) is 0 Å². The third-order valence-corrected chi connectivity index (χ3v) is 9.27. The van der Waals surface area contributed by atoms with Gasteiger partial charge in [0.05, 0.1) is 0 Å². The second kappa shape index (κ2) is 5.31. The molecule has 3 rings (SSSR count). The zero-order chi connectivity index (χ0) is 13.1. The summed E-state index contributed by atoms with van der Waals surface area (Å²) in [6.45, 7) is 2.91. The predicted octanol–water partition coefficient (Wildman–Crippen LogP) is 4.46. The minimum absolute atomic E-state index is 0.460. The van der Waals surface area contributed by atoms with Gasteiger partial charge in [0.1, 0.15) is 0 Å². The molecule has 2 heteroatoms. The van der Waals surface area contributed by atoms with Crippen molar-refractivity contribution in [1.29, 1.82) is 0 Å². The third kappa shape index (κ3) is 2.05. The van der Waals surface area contributed by atoms with Gasteiger partial charge in [0.25, 0.3) is 0 Å². The SMILES string of the molecule is CCO[Si](C1C=CC=C1)(C1C=CC=C1)C1C=CC=C1. The molecule has 3 aliphatic rings. The van der Waals surface area contributed by atoms with Crippen LogP contribution in [0, 0.1) is 0 Å². The van der Waals surface area contributed by atoms with E-state index in [0.29, 0.717) is 16.6 Å². The van der Waals surface area contributed by atoms with Gasteiger partial charge < -0.3 is 4.43 Å². The van der Waals surface area contributed by atoms with Gasteiger partial charge >= 0.3 is 0 Å². The Balaban J connectivity index is 2.04. The molecule has 0 saturated carbocycles. The Bertz CT molecular complexity index is 402. The molecule has 0 heterocycles. The maximum atomic E-state index is 6.51. The highest BCUT2D eigenvalue weighted by atomic mass is 28.4. The van der Waals surface area contributed by atoms with Crippen molar-refractivity contribution in [3.63, 3.8) is 0 Å². The standard InChI is InChI=1S/C17H20OSi/c1-2-18-19(15-9-3-4-10-15,16-11-5-6-12-16)17-13-7-8-14-17/h3-17H,2H2,1H3. The lowest BCUT2D eigenvalue weighted by Crippen LogP contribution is -2.48. The first-order valence-corrected chi connectivity index (χ1v) is 9.21. The van der Waals surface area contributed by atoms with Crippen molar-refractivity contribution in [3.8, 4) is 0 Å². The highest BCUT2D eigenvalue weighted by Crippen LogP contribution is 2.50. The number of hydrogen-bond acceptors (Lipinski definition) is 1. The maximum Gasteiger partial charge on any atom is 0.224 e. The van der Waals surface area contributed by atoms with Crippen molar-refractivity contribution in [2.75, 3.05) is 6.61 Å². The van der Waals surface area contributed by atoms with Crippen molar-refractivity contribution in [3.05, 3.63) is 72.9 Å². The second-order valence-corrected chi connectivity index (χ2v) is 9.17. The van der Waals surface area contributed by atoms with Crippen molar-refractivity contribution in [2.24, 2.45) is 0 Å². The van der Waals surface area contributed by atoms with Crippen molar-refractivity contribution < 1.29 is 4.43 Å². The minimum atomic E-state index is -2.02. The monoisotopic (exact) mass is 268 g/mol. The molecule has 98 valence electrons. The summed E-state index contributed by atoms with van der Waals surface area (Å²) in [6.07, 6.45) is 26.9. The van der Waals surface area contributed by atoms with E-state index in [4.69, 9.17) is 4.43 Å². The molecule has 19 heavy (non-hydrogen) atoms. The quantitative estimate of drug-likeness (QED) is 0.669. The molecule has 0 saturated heterocycles. The topological polar surface area (TPSA) is 9.23 Å². The maximum absolute atomic E-state index is 6.51. The molecule has 0 radical (unpaired) electrons. The van der Waals surface area contributed by atoms with Crippen LogP contribution in [0.5, 0.6) is 0 Å². The summed E-state index contributed by atoms with van der Waals surface area (Å²) in [5.41, 5.74) is 1.38. The molecule has 0 aromatic rings. The molecule has 0 amide bonds. The van der Waals surface area contributed by atoms with Crippen LogP contribution in [0.3, 0.4) is 0 Å². The molecule has 0 aromatic carbocycles. The summed E-state index contributed by atoms with van der Waals surface area (Å²) >= 11 is 0. The van der Waals surface area contributed by atoms with Gasteiger partial charge in [-0.2, -0.15) is 0 Å². The van der Waals surface area contributed by atoms with Crippen LogP contribution in [-0.2, 0) is 4.43 Å². The molecule has 0 bridgehead atoms. The minimum Gasteiger partial charge on any atom is -0.414 e. The summed E-state index contributed by atoms with van der Waals surface area (Å²) in [5.74, 6) is 0. The van der Waals surface area contributed by atoms with Crippen molar-refractivity contribution in [1.82, 2.24) is 0 Å². The molecule has 1 nitrogen and oxygen atoms in total. The summed E-state index contributed by atoms with van der Waals surface area (Å²) in [6, 6.07) is 0. The molecule has 0 aliphatic heterocycles. The van der Waals surface area contributed by atoms with E-state index >= 15 is 0 Å². The molecule has 0 N–H and O–H groups in total. The van der Waals surface area contributed by atoms with Crippen LogP contribution in [0.25, 0.3) is 0 Å². The van der Waals surface area contributed by atoms with Gasteiger partial charge in [0, 0.05) is 23.2 Å².